The maximum Gasteiger partial charge on any atom is 0.261 e. The first-order chi connectivity index (χ1) is 12.3. The van der Waals surface area contributed by atoms with Crippen molar-refractivity contribution >= 4 is 27.3 Å². The van der Waals surface area contributed by atoms with Gasteiger partial charge in [-0.1, -0.05) is 26.0 Å². The van der Waals surface area contributed by atoms with Crippen molar-refractivity contribution in [2.75, 3.05) is 16.2 Å². The molecule has 1 amide bonds. The molecule has 2 aromatic carbocycles. The van der Waals surface area contributed by atoms with Crippen LogP contribution < -0.4 is 9.62 Å². The summed E-state index contributed by atoms with van der Waals surface area (Å²) in [4.78, 5) is 14.0. The Morgan fingerprint density at radius 2 is 1.96 bits per heavy atom. The molecule has 0 spiro atoms. The molecule has 0 unspecified atom stereocenters. The van der Waals surface area contributed by atoms with Gasteiger partial charge in [-0.2, -0.15) is 0 Å². The number of halogens is 1. The molecule has 138 valence electrons. The first-order valence-corrected chi connectivity index (χ1v) is 9.99. The summed E-state index contributed by atoms with van der Waals surface area (Å²) in [6.45, 7) is 4.30. The van der Waals surface area contributed by atoms with Gasteiger partial charge in [0.25, 0.3) is 10.0 Å². The second-order valence-electron chi connectivity index (χ2n) is 6.65. The highest BCUT2D eigenvalue weighted by Crippen LogP contribution is 2.32. The standard InChI is InChI=1S/C19H21FN2O3S/c1-13(2)19(23)22-10-4-5-14-8-9-16(12-18(14)22)21-26(24,25)17-7-3-6-15(20)11-17/h3,6-9,11-13,21H,4-5,10H2,1-2H3. The van der Waals surface area contributed by atoms with Crippen molar-refractivity contribution in [2.24, 2.45) is 5.92 Å². The van der Waals surface area contributed by atoms with Gasteiger partial charge in [0.2, 0.25) is 5.91 Å². The molecule has 0 radical (unpaired) electrons. The summed E-state index contributed by atoms with van der Waals surface area (Å²) in [6.07, 6.45) is 1.72. The number of sulfonamides is 1. The van der Waals surface area contributed by atoms with Crippen LogP contribution >= 0.6 is 0 Å². The predicted molar refractivity (Wildman–Crippen MR) is 99.2 cm³/mol. The maximum atomic E-state index is 13.3. The molecule has 1 aliphatic heterocycles. The third-order valence-electron chi connectivity index (χ3n) is 4.32. The van der Waals surface area contributed by atoms with Crippen LogP contribution in [0.5, 0.6) is 0 Å². The second kappa shape index (κ2) is 7.07. The highest BCUT2D eigenvalue weighted by Gasteiger charge is 2.25. The number of amides is 1. The molecule has 1 heterocycles. The van der Waals surface area contributed by atoms with E-state index < -0.39 is 15.8 Å². The van der Waals surface area contributed by atoms with Crippen molar-refractivity contribution < 1.29 is 17.6 Å². The predicted octanol–water partition coefficient (Wildman–Crippen LogP) is 3.56. The van der Waals surface area contributed by atoms with Gasteiger partial charge in [-0.25, -0.2) is 12.8 Å². The molecule has 0 fully saturated rings. The minimum Gasteiger partial charge on any atom is -0.312 e. The van der Waals surface area contributed by atoms with E-state index in [0.717, 1.165) is 30.2 Å². The van der Waals surface area contributed by atoms with Crippen LogP contribution in [0.25, 0.3) is 0 Å². The van der Waals surface area contributed by atoms with E-state index in [1.54, 1.807) is 17.0 Å². The molecular weight excluding hydrogens is 355 g/mol. The summed E-state index contributed by atoms with van der Waals surface area (Å²) in [5.41, 5.74) is 2.09. The van der Waals surface area contributed by atoms with E-state index in [9.17, 15) is 17.6 Å². The summed E-state index contributed by atoms with van der Waals surface area (Å²) in [7, 11) is -3.91. The van der Waals surface area contributed by atoms with E-state index in [0.29, 0.717) is 12.2 Å². The molecule has 1 aliphatic rings. The fraction of sp³-hybridized carbons (Fsp3) is 0.316. The number of rotatable bonds is 4. The zero-order chi connectivity index (χ0) is 18.9. The number of carbonyl (C=O) groups is 1. The average molecular weight is 376 g/mol. The quantitative estimate of drug-likeness (QED) is 0.887. The Kier molecular flexibility index (Phi) is 5.00. The minimum atomic E-state index is -3.91. The third-order valence-corrected chi connectivity index (χ3v) is 5.70. The molecule has 0 aliphatic carbocycles. The third kappa shape index (κ3) is 3.72. The van der Waals surface area contributed by atoms with Gasteiger partial charge in [-0.15, -0.1) is 0 Å². The number of anilines is 2. The zero-order valence-electron chi connectivity index (χ0n) is 14.7. The largest absolute Gasteiger partial charge is 0.312 e. The van der Waals surface area contributed by atoms with E-state index in [2.05, 4.69) is 4.72 Å². The zero-order valence-corrected chi connectivity index (χ0v) is 15.5. The fourth-order valence-corrected chi connectivity index (χ4v) is 4.11. The van der Waals surface area contributed by atoms with Crippen LogP contribution in [0, 0.1) is 11.7 Å². The lowest BCUT2D eigenvalue weighted by molar-refractivity contribution is -0.121. The lowest BCUT2D eigenvalue weighted by atomic mass is 9.99. The van der Waals surface area contributed by atoms with Gasteiger partial charge in [-0.3, -0.25) is 9.52 Å². The number of benzene rings is 2. The van der Waals surface area contributed by atoms with Crippen LogP contribution in [0.4, 0.5) is 15.8 Å². The lowest BCUT2D eigenvalue weighted by Crippen LogP contribution is -2.38. The van der Waals surface area contributed by atoms with Crippen LogP contribution in [0.15, 0.2) is 47.4 Å². The van der Waals surface area contributed by atoms with Crippen molar-refractivity contribution in [3.63, 3.8) is 0 Å². The van der Waals surface area contributed by atoms with Crippen molar-refractivity contribution in [2.45, 2.75) is 31.6 Å². The van der Waals surface area contributed by atoms with Crippen LogP contribution in [-0.2, 0) is 21.2 Å². The Bertz CT molecular complexity index is 942. The van der Waals surface area contributed by atoms with Gasteiger partial charge in [0.05, 0.1) is 10.6 Å². The first kappa shape index (κ1) is 18.4. The average Bonchev–Trinajstić information content (AvgIpc) is 2.60. The molecule has 5 nitrogen and oxygen atoms in total. The monoisotopic (exact) mass is 376 g/mol. The normalized spacial score (nSPS) is 14.2. The molecule has 0 saturated carbocycles. The van der Waals surface area contributed by atoms with E-state index in [1.807, 2.05) is 19.9 Å². The van der Waals surface area contributed by atoms with Gasteiger partial charge in [0.15, 0.2) is 0 Å². The number of fused-ring (bicyclic) bond motifs is 1. The van der Waals surface area contributed by atoms with E-state index in [4.69, 9.17) is 0 Å². The number of nitrogens with zero attached hydrogens (tertiary/aromatic N) is 1. The Morgan fingerprint density at radius 1 is 1.19 bits per heavy atom. The molecule has 26 heavy (non-hydrogen) atoms. The molecule has 0 bridgehead atoms. The maximum absolute atomic E-state index is 13.3. The number of hydrogen-bond acceptors (Lipinski definition) is 3. The van der Waals surface area contributed by atoms with Crippen LogP contribution in [0.3, 0.4) is 0 Å². The minimum absolute atomic E-state index is 0.0103. The molecule has 7 heteroatoms. The molecular formula is C19H21FN2O3S. The Morgan fingerprint density at radius 3 is 2.65 bits per heavy atom. The Hall–Kier alpha value is -2.41. The van der Waals surface area contributed by atoms with Crippen molar-refractivity contribution in [1.82, 2.24) is 0 Å². The summed E-state index contributed by atoms with van der Waals surface area (Å²) < 4.78 is 40.8. The van der Waals surface area contributed by atoms with Crippen molar-refractivity contribution in [3.05, 3.63) is 53.8 Å². The highest BCUT2D eigenvalue weighted by molar-refractivity contribution is 7.92. The van der Waals surface area contributed by atoms with Gasteiger partial charge in [0.1, 0.15) is 5.82 Å². The first-order valence-electron chi connectivity index (χ1n) is 8.50. The highest BCUT2D eigenvalue weighted by atomic mass is 32.2. The van der Waals surface area contributed by atoms with E-state index in [-0.39, 0.29) is 16.7 Å². The Labute approximate surface area is 152 Å². The molecule has 1 N–H and O–H groups in total. The van der Waals surface area contributed by atoms with Crippen LogP contribution in [0.2, 0.25) is 0 Å². The SMILES string of the molecule is CC(C)C(=O)N1CCCc2ccc(NS(=O)(=O)c3cccc(F)c3)cc21. The van der Waals surface area contributed by atoms with Crippen LogP contribution in [-0.4, -0.2) is 20.9 Å². The molecule has 0 saturated heterocycles. The van der Waals surface area contributed by atoms with Crippen molar-refractivity contribution in [3.8, 4) is 0 Å². The second-order valence-corrected chi connectivity index (χ2v) is 8.34. The molecule has 0 aromatic heterocycles. The smallest absolute Gasteiger partial charge is 0.261 e. The Balaban J connectivity index is 1.93. The molecule has 2 aromatic rings. The topological polar surface area (TPSA) is 66.5 Å². The van der Waals surface area contributed by atoms with Gasteiger partial charge in [-0.05, 0) is 48.7 Å². The van der Waals surface area contributed by atoms with E-state index >= 15 is 0 Å². The summed E-state index contributed by atoms with van der Waals surface area (Å²) in [5.74, 6) is -0.753. The van der Waals surface area contributed by atoms with E-state index in [1.165, 1.54) is 18.2 Å². The van der Waals surface area contributed by atoms with Gasteiger partial charge < -0.3 is 4.90 Å². The van der Waals surface area contributed by atoms with Crippen molar-refractivity contribution in [1.29, 1.82) is 0 Å². The summed E-state index contributed by atoms with van der Waals surface area (Å²) >= 11 is 0. The fourth-order valence-electron chi connectivity index (χ4n) is 3.03. The number of nitrogens with one attached hydrogen (secondary N) is 1. The molecule has 3 rings (SSSR count). The number of carbonyl (C=O) groups excluding carboxylic acids is 1. The van der Waals surface area contributed by atoms with Gasteiger partial charge in [0, 0.05) is 18.2 Å². The summed E-state index contributed by atoms with van der Waals surface area (Å²) in [6, 6.07) is 10.0. The van der Waals surface area contributed by atoms with Gasteiger partial charge >= 0.3 is 0 Å². The van der Waals surface area contributed by atoms with Crippen LogP contribution in [0.1, 0.15) is 25.8 Å². The number of hydrogen-bond donors (Lipinski definition) is 1. The number of aryl methyl sites for hydroxylation is 1. The molecule has 0 atom stereocenters. The summed E-state index contributed by atoms with van der Waals surface area (Å²) in [5, 5.41) is 0. The lowest BCUT2D eigenvalue weighted by Gasteiger charge is -2.31.